The van der Waals surface area contributed by atoms with E-state index in [1.807, 2.05) is 56.3 Å². The molecule has 1 N–H and O–H groups in total. The van der Waals surface area contributed by atoms with Crippen LogP contribution in [0.15, 0.2) is 48.5 Å². The highest BCUT2D eigenvalue weighted by molar-refractivity contribution is 8.23. The van der Waals surface area contributed by atoms with Gasteiger partial charge in [-0.05, 0) is 49.4 Å². The van der Waals surface area contributed by atoms with Crippen molar-refractivity contribution in [1.29, 1.82) is 0 Å². The Morgan fingerprint density at radius 3 is 2.50 bits per heavy atom. The molecule has 2 aromatic carbocycles. The molecule has 136 valence electrons. The molecule has 3 nitrogen and oxygen atoms in total. The predicted molar refractivity (Wildman–Crippen MR) is 115 cm³/mol. The Morgan fingerprint density at radius 2 is 1.81 bits per heavy atom. The van der Waals surface area contributed by atoms with E-state index in [0.717, 1.165) is 39.8 Å². The number of amides is 1. The molecule has 0 bridgehead atoms. The molecule has 26 heavy (non-hydrogen) atoms. The molecule has 1 heterocycles. The van der Waals surface area contributed by atoms with Crippen LogP contribution in [0.1, 0.15) is 34.8 Å². The molecular weight excluding hydrogens is 360 g/mol. The third-order valence-electron chi connectivity index (χ3n) is 4.57. The second kappa shape index (κ2) is 8.69. The topological polar surface area (TPSA) is 32.3 Å². The van der Waals surface area contributed by atoms with Crippen molar-refractivity contribution in [3.05, 3.63) is 65.2 Å². The van der Waals surface area contributed by atoms with Crippen molar-refractivity contribution >= 4 is 39.9 Å². The maximum absolute atomic E-state index is 13.1. The molecule has 0 unspecified atom stereocenters. The van der Waals surface area contributed by atoms with Crippen molar-refractivity contribution in [2.75, 3.05) is 18.4 Å². The van der Waals surface area contributed by atoms with Gasteiger partial charge in [-0.25, -0.2) is 0 Å². The summed E-state index contributed by atoms with van der Waals surface area (Å²) in [7, 11) is 0. The van der Waals surface area contributed by atoms with Gasteiger partial charge < -0.3 is 10.2 Å². The Balaban J connectivity index is 1.81. The molecule has 1 amide bonds. The average Bonchev–Trinajstić information content (AvgIpc) is 3.18. The number of aryl methyl sites for hydroxylation is 2. The Morgan fingerprint density at radius 1 is 1.12 bits per heavy atom. The number of nitrogens with one attached hydrogen (secondary N) is 1. The number of anilines is 1. The lowest BCUT2D eigenvalue weighted by atomic mass is 10.1. The minimum Gasteiger partial charge on any atom is -0.357 e. The van der Waals surface area contributed by atoms with E-state index in [0.29, 0.717) is 0 Å². The van der Waals surface area contributed by atoms with E-state index in [1.54, 1.807) is 0 Å². The predicted octanol–water partition coefficient (Wildman–Crippen LogP) is 5.10. The Kier molecular flexibility index (Phi) is 6.33. The molecule has 0 aliphatic carbocycles. The van der Waals surface area contributed by atoms with E-state index >= 15 is 0 Å². The van der Waals surface area contributed by atoms with Crippen molar-refractivity contribution in [1.82, 2.24) is 4.90 Å². The van der Waals surface area contributed by atoms with Gasteiger partial charge in [-0.2, -0.15) is 0 Å². The van der Waals surface area contributed by atoms with Gasteiger partial charge in [0, 0.05) is 18.8 Å². The van der Waals surface area contributed by atoms with E-state index in [2.05, 4.69) is 16.3 Å². The summed E-state index contributed by atoms with van der Waals surface area (Å²) < 4.78 is 0.812. The molecule has 3 rings (SSSR count). The number of carbonyl (C=O) groups excluding carboxylic acids is 1. The Labute approximate surface area is 165 Å². The monoisotopic (exact) mass is 384 g/mol. The Bertz CT molecular complexity index is 786. The molecule has 0 saturated carbocycles. The molecule has 5 heteroatoms. The van der Waals surface area contributed by atoms with Crippen LogP contribution in [0.25, 0.3) is 0 Å². The first-order valence-corrected chi connectivity index (χ1v) is 10.2. The quantitative estimate of drug-likeness (QED) is 0.744. The van der Waals surface area contributed by atoms with Crippen molar-refractivity contribution in [2.45, 2.75) is 31.9 Å². The van der Waals surface area contributed by atoms with Gasteiger partial charge in [0.1, 0.15) is 9.57 Å². The van der Waals surface area contributed by atoms with Crippen LogP contribution in [0.2, 0.25) is 0 Å². The van der Waals surface area contributed by atoms with Crippen molar-refractivity contribution in [3.63, 3.8) is 0 Å². The first-order valence-electron chi connectivity index (χ1n) is 8.93. The zero-order valence-corrected chi connectivity index (χ0v) is 16.8. The van der Waals surface area contributed by atoms with E-state index in [-0.39, 0.29) is 11.2 Å². The van der Waals surface area contributed by atoms with Crippen molar-refractivity contribution < 1.29 is 4.79 Å². The van der Waals surface area contributed by atoms with Gasteiger partial charge in [0.05, 0.1) is 0 Å². The average molecular weight is 385 g/mol. The molecule has 1 saturated heterocycles. The van der Waals surface area contributed by atoms with Crippen LogP contribution in [0.4, 0.5) is 5.69 Å². The van der Waals surface area contributed by atoms with Crippen LogP contribution in [-0.4, -0.2) is 28.2 Å². The second-order valence-corrected chi connectivity index (χ2v) is 8.42. The Hall–Kier alpha value is -1.85. The maximum atomic E-state index is 13.1. The molecule has 1 aliphatic rings. The first-order chi connectivity index (χ1) is 12.5. The van der Waals surface area contributed by atoms with Crippen LogP contribution in [0, 0.1) is 13.8 Å². The fraction of sp³-hybridized carbons (Fsp3) is 0.333. The van der Waals surface area contributed by atoms with Gasteiger partial charge in [0.25, 0.3) is 0 Å². The van der Waals surface area contributed by atoms with Gasteiger partial charge in [-0.15, -0.1) is 0 Å². The fourth-order valence-corrected chi connectivity index (χ4v) is 4.51. The lowest BCUT2D eigenvalue weighted by molar-refractivity contribution is -0.115. The normalized spacial score (nSPS) is 14.9. The third kappa shape index (κ3) is 4.65. The van der Waals surface area contributed by atoms with Gasteiger partial charge >= 0.3 is 0 Å². The number of thioether (sulfide) groups is 1. The highest BCUT2D eigenvalue weighted by Crippen LogP contribution is 2.33. The minimum atomic E-state index is -0.357. The molecule has 0 aromatic heterocycles. The van der Waals surface area contributed by atoms with Gasteiger partial charge in [-0.3, -0.25) is 4.79 Å². The summed E-state index contributed by atoms with van der Waals surface area (Å²) in [5.41, 5.74) is 4.02. The summed E-state index contributed by atoms with van der Waals surface area (Å²) in [4.78, 5) is 15.3. The molecule has 2 aromatic rings. The van der Waals surface area contributed by atoms with E-state index < -0.39 is 0 Å². The summed E-state index contributed by atoms with van der Waals surface area (Å²) in [5, 5.41) is 2.75. The number of nitrogens with zero attached hydrogens (tertiary/aromatic N) is 1. The number of hydrogen-bond donors (Lipinski definition) is 1. The number of thiocarbonyl (C=S) groups is 1. The first kappa shape index (κ1) is 18.9. The molecule has 1 fully saturated rings. The summed E-state index contributed by atoms with van der Waals surface area (Å²) in [5.74, 6) is -0.0311. The molecule has 1 aliphatic heterocycles. The highest BCUT2D eigenvalue weighted by atomic mass is 32.2. The third-order valence-corrected chi connectivity index (χ3v) is 6.30. The number of rotatable bonds is 4. The van der Waals surface area contributed by atoms with E-state index in [1.165, 1.54) is 24.6 Å². The molecule has 1 atom stereocenters. The lowest BCUT2D eigenvalue weighted by Gasteiger charge is -2.23. The number of benzene rings is 2. The smallest absolute Gasteiger partial charge is 0.242 e. The summed E-state index contributed by atoms with van der Waals surface area (Å²) >= 11 is 7.11. The standard InChI is InChI=1S/C21H24N2OS2/c1-15-10-11-16(2)18(14-15)22-20(24)19(17-8-4-3-5-9-17)26-21(25)23-12-6-7-13-23/h3-5,8-11,14,19H,6-7,12-13H2,1-2H3,(H,22,24)/t19-/m1/s1. The van der Waals surface area contributed by atoms with Crippen molar-refractivity contribution in [3.8, 4) is 0 Å². The fourth-order valence-electron chi connectivity index (χ4n) is 3.04. The zero-order chi connectivity index (χ0) is 18.5. The summed E-state index contributed by atoms with van der Waals surface area (Å²) in [6.07, 6.45) is 2.34. The second-order valence-electron chi connectivity index (χ2n) is 6.68. The van der Waals surface area contributed by atoms with E-state index in [4.69, 9.17) is 12.2 Å². The van der Waals surface area contributed by atoms with Crippen molar-refractivity contribution in [2.24, 2.45) is 0 Å². The SMILES string of the molecule is Cc1ccc(C)c(NC(=O)[C@H](SC(=S)N2CCCC2)c2ccccc2)c1. The zero-order valence-electron chi connectivity index (χ0n) is 15.2. The minimum absolute atomic E-state index is 0.0311. The van der Waals surface area contributed by atoms with Gasteiger partial charge in [0.2, 0.25) is 5.91 Å². The molecule has 0 radical (unpaired) electrons. The van der Waals surface area contributed by atoms with Crippen LogP contribution in [0.3, 0.4) is 0 Å². The van der Waals surface area contributed by atoms with Crippen LogP contribution in [0.5, 0.6) is 0 Å². The van der Waals surface area contributed by atoms with Crippen LogP contribution >= 0.6 is 24.0 Å². The molecular formula is C21H24N2OS2. The summed E-state index contributed by atoms with van der Waals surface area (Å²) in [6.45, 7) is 6.02. The largest absolute Gasteiger partial charge is 0.357 e. The van der Waals surface area contributed by atoms with Crippen LogP contribution in [-0.2, 0) is 4.79 Å². The number of hydrogen-bond acceptors (Lipinski definition) is 3. The van der Waals surface area contributed by atoms with E-state index in [9.17, 15) is 4.79 Å². The number of carbonyl (C=O) groups is 1. The summed E-state index contributed by atoms with van der Waals surface area (Å²) in [6, 6.07) is 16.0. The highest BCUT2D eigenvalue weighted by Gasteiger charge is 2.26. The molecule has 0 spiro atoms. The maximum Gasteiger partial charge on any atom is 0.242 e. The lowest BCUT2D eigenvalue weighted by Crippen LogP contribution is -2.27. The van der Waals surface area contributed by atoms with Gasteiger partial charge in [-0.1, -0.05) is 66.4 Å². The van der Waals surface area contributed by atoms with Crippen LogP contribution < -0.4 is 5.32 Å². The number of likely N-dealkylation sites (tertiary alicyclic amines) is 1. The van der Waals surface area contributed by atoms with Gasteiger partial charge in [0.15, 0.2) is 0 Å².